The second-order valence-electron chi connectivity index (χ2n) is 5.73. The predicted octanol–water partition coefficient (Wildman–Crippen LogP) is 3.44. The fourth-order valence-corrected chi connectivity index (χ4v) is 5.99. The van der Waals surface area contributed by atoms with Gasteiger partial charge < -0.3 is 5.32 Å². The standard InChI is InChI=1S/C17H16ClN3O4S3/c1-2-21-16(23)13(10-14(22)19-12-7-5-11(18)6-8-12)27-17(21)20-28(24,25)15-4-3-9-26-15/h3-9,13H,2,10H2,1H3,(H,19,22)/b20-17+. The lowest BCUT2D eigenvalue weighted by Crippen LogP contribution is -2.33. The van der Waals surface area contributed by atoms with Crippen LogP contribution in [0.1, 0.15) is 13.3 Å². The van der Waals surface area contributed by atoms with Gasteiger partial charge in [0.05, 0.1) is 0 Å². The van der Waals surface area contributed by atoms with Gasteiger partial charge in [0.15, 0.2) is 5.17 Å². The molecule has 2 heterocycles. The molecule has 1 saturated heterocycles. The van der Waals surface area contributed by atoms with Crippen LogP contribution in [0, 0.1) is 0 Å². The van der Waals surface area contributed by atoms with Crippen molar-refractivity contribution in [1.82, 2.24) is 4.90 Å². The molecule has 1 aliphatic heterocycles. The summed E-state index contributed by atoms with van der Waals surface area (Å²) in [5.41, 5.74) is 0.561. The molecule has 0 aliphatic carbocycles. The second-order valence-corrected chi connectivity index (χ2v) is 10.1. The highest BCUT2D eigenvalue weighted by molar-refractivity contribution is 8.16. The molecule has 1 aliphatic rings. The number of hydrogen-bond donors (Lipinski definition) is 1. The quantitative estimate of drug-likeness (QED) is 0.716. The van der Waals surface area contributed by atoms with Gasteiger partial charge in [0, 0.05) is 23.7 Å². The van der Waals surface area contributed by atoms with E-state index in [1.807, 2.05) is 0 Å². The Morgan fingerprint density at radius 2 is 2.00 bits per heavy atom. The first-order chi connectivity index (χ1) is 13.3. The number of sulfonamides is 1. The van der Waals surface area contributed by atoms with Gasteiger partial charge in [0.25, 0.3) is 10.0 Å². The largest absolute Gasteiger partial charge is 0.326 e. The molecule has 1 atom stereocenters. The minimum Gasteiger partial charge on any atom is -0.326 e. The van der Waals surface area contributed by atoms with Gasteiger partial charge in [-0.15, -0.1) is 15.7 Å². The monoisotopic (exact) mass is 457 g/mol. The first-order valence-corrected chi connectivity index (χ1v) is 11.8. The molecular weight excluding hydrogens is 442 g/mol. The summed E-state index contributed by atoms with van der Waals surface area (Å²) in [6.45, 7) is 1.99. The Morgan fingerprint density at radius 3 is 2.61 bits per heavy atom. The Morgan fingerprint density at radius 1 is 1.29 bits per heavy atom. The topological polar surface area (TPSA) is 95.9 Å². The Balaban J connectivity index is 1.73. The van der Waals surface area contributed by atoms with Crippen molar-refractivity contribution in [2.75, 3.05) is 11.9 Å². The van der Waals surface area contributed by atoms with Crippen LogP contribution >= 0.6 is 34.7 Å². The minimum absolute atomic E-state index is 0.0881. The lowest BCUT2D eigenvalue weighted by molar-refractivity contribution is -0.128. The van der Waals surface area contributed by atoms with Gasteiger partial charge in [-0.25, -0.2) is 0 Å². The number of halogens is 1. The molecular formula is C17H16ClN3O4S3. The number of amidine groups is 1. The summed E-state index contributed by atoms with van der Waals surface area (Å²) in [4.78, 5) is 26.2. The van der Waals surface area contributed by atoms with E-state index in [0.717, 1.165) is 23.1 Å². The molecule has 2 aromatic rings. The third-order valence-corrected chi connectivity index (χ3v) is 7.97. The zero-order chi connectivity index (χ0) is 20.3. The maximum atomic E-state index is 12.6. The van der Waals surface area contributed by atoms with Crippen LogP contribution in [0.5, 0.6) is 0 Å². The van der Waals surface area contributed by atoms with Gasteiger partial charge in [-0.3, -0.25) is 14.5 Å². The number of hydrogen-bond acceptors (Lipinski definition) is 6. The van der Waals surface area contributed by atoms with E-state index in [4.69, 9.17) is 11.6 Å². The van der Waals surface area contributed by atoms with E-state index in [0.29, 0.717) is 10.7 Å². The first-order valence-electron chi connectivity index (χ1n) is 8.22. The van der Waals surface area contributed by atoms with Crippen LogP contribution in [0.25, 0.3) is 0 Å². The van der Waals surface area contributed by atoms with E-state index in [9.17, 15) is 18.0 Å². The fourth-order valence-electron chi connectivity index (χ4n) is 2.47. The maximum Gasteiger partial charge on any atom is 0.294 e. The first kappa shape index (κ1) is 20.8. The highest BCUT2D eigenvalue weighted by atomic mass is 35.5. The van der Waals surface area contributed by atoms with E-state index in [1.165, 1.54) is 11.0 Å². The number of nitrogens with zero attached hydrogens (tertiary/aromatic N) is 2. The summed E-state index contributed by atoms with van der Waals surface area (Å²) in [5, 5.41) is 4.24. The molecule has 0 saturated carbocycles. The van der Waals surface area contributed by atoms with Crippen LogP contribution in [-0.4, -0.2) is 42.1 Å². The maximum absolute atomic E-state index is 12.6. The number of carbonyl (C=O) groups excluding carboxylic acids is 2. The number of nitrogens with one attached hydrogen (secondary N) is 1. The third kappa shape index (κ3) is 4.75. The molecule has 1 fully saturated rings. The van der Waals surface area contributed by atoms with Gasteiger partial charge in [0.2, 0.25) is 11.8 Å². The van der Waals surface area contributed by atoms with Crippen LogP contribution in [0.3, 0.4) is 0 Å². The molecule has 11 heteroatoms. The summed E-state index contributed by atoms with van der Waals surface area (Å²) in [5.74, 6) is -0.689. The zero-order valence-electron chi connectivity index (χ0n) is 14.7. The molecule has 3 rings (SSSR count). The molecule has 0 bridgehead atoms. The Kier molecular flexibility index (Phi) is 6.43. The summed E-state index contributed by atoms with van der Waals surface area (Å²) in [6, 6.07) is 9.67. The molecule has 2 amide bonds. The van der Waals surface area contributed by atoms with Crippen LogP contribution in [-0.2, 0) is 19.6 Å². The van der Waals surface area contributed by atoms with Crippen molar-refractivity contribution in [3.8, 4) is 0 Å². The lowest BCUT2D eigenvalue weighted by atomic mass is 10.2. The molecule has 1 unspecified atom stereocenters. The Bertz CT molecular complexity index is 1000. The third-order valence-electron chi connectivity index (χ3n) is 3.78. The van der Waals surface area contributed by atoms with E-state index in [2.05, 4.69) is 9.71 Å². The molecule has 7 nitrogen and oxygen atoms in total. The van der Waals surface area contributed by atoms with Crippen molar-refractivity contribution in [3.05, 3.63) is 46.8 Å². The van der Waals surface area contributed by atoms with Crippen molar-refractivity contribution < 1.29 is 18.0 Å². The van der Waals surface area contributed by atoms with Gasteiger partial charge in [-0.05, 0) is 42.6 Å². The SMILES string of the molecule is CCN1C(=O)C(CC(=O)Nc2ccc(Cl)cc2)S/C1=N/S(=O)(=O)c1cccs1. The van der Waals surface area contributed by atoms with Crippen molar-refractivity contribution in [1.29, 1.82) is 0 Å². The molecule has 1 aromatic heterocycles. The Labute approximate surface area is 175 Å². The number of anilines is 1. The number of rotatable bonds is 6. The van der Waals surface area contributed by atoms with Gasteiger partial charge >= 0.3 is 0 Å². The number of amides is 2. The van der Waals surface area contributed by atoms with Crippen molar-refractivity contribution >= 4 is 67.4 Å². The van der Waals surface area contributed by atoms with Crippen LogP contribution < -0.4 is 5.32 Å². The minimum atomic E-state index is -3.89. The zero-order valence-corrected chi connectivity index (χ0v) is 17.9. The number of thiophene rings is 1. The number of carbonyl (C=O) groups is 2. The highest BCUT2D eigenvalue weighted by Gasteiger charge is 2.39. The molecule has 148 valence electrons. The normalized spacial score (nSPS) is 18.6. The van der Waals surface area contributed by atoms with Gasteiger partial charge in [-0.2, -0.15) is 8.42 Å². The molecule has 0 radical (unpaired) electrons. The number of benzene rings is 1. The summed E-state index contributed by atoms with van der Waals surface area (Å²) < 4.78 is 28.7. The van der Waals surface area contributed by atoms with Crippen molar-refractivity contribution in [2.45, 2.75) is 22.8 Å². The highest BCUT2D eigenvalue weighted by Crippen LogP contribution is 2.31. The summed E-state index contributed by atoms with van der Waals surface area (Å²) in [7, 11) is -3.89. The van der Waals surface area contributed by atoms with Crippen LogP contribution in [0.4, 0.5) is 5.69 Å². The molecule has 1 N–H and O–H groups in total. The average Bonchev–Trinajstić information content (AvgIpc) is 3.27. The van der Waals surface area contributed by atoms with Crippen LogP contribution in [0.15, 0.2) is 50.4 Å². The van der Waals surface area contributed by atoms with Gasteiger partial charge in [-0.1, -0.05) is 29.4 Å². The van der Waals surface area contributed by atoms with E-state index >= 15 is 0 Å². The predicted molar refractivity (Wildman–Crippen MR) is 112 cm³/mol. The second kappa shape index (κ2) is 8.64. The van der Waals surface area contributed by atoms with Crippen molar-refractivity contribution in [3.63, 3.8) is 0 Å². The molecule has 1 aromatic carbocycles. The van der Waals surface area contributed by atoms with Crippen LogP contribution in [0.2, 0.25) is 5.02 Å². The molecule has 0 spiro atoms. The fraction of sp³-hybridized carbons (Fsp3) is 0.235. The van der Waals surface area contributed by atoms with E-state index in [-0.39, 0.29) is 34.2 Å². The lowest BCUT2D eigenvalue weighted by Gasteiger charge is -2.13. The summed E-state index contributed by atoms with van der Waals surface area (Å²) >= 11 is 7.86. The van der Waals surface area contributed by atoms with E-state index < -0.39 is 15.3 Å². The summed E-state index contributed by atoms with van der Waals surface area (Å²) in [6.07, 6.45) is -0.0965. The average molecular weight is 458 g/mol. The molecule has 28 heavy (non-hydrogen) atoms. The van der Waals surface area contributed by atoms with E-state index in [1.54, 1.807) is 42.6 Å². The Hall–Kier alpha value is -1.88. The number of thioether (sulfide) groups is 1. The van der Waals surface area contributed by atoms with Gasteiger partial charge in [0.1, 0.15) is 9.46 Å². The smallest absolute Gasteiger partial charge is 0.294 e. The van der Waals surface area contributed by atoms with Crippen molar-refractivity contribution in [2.24, 2.45) is 4.40 Å².